The number of morpholine rings is 1. The summed E-state index contributed by atoms with van der Waals surface area (Å²) in [5.41, 5.74) is 2.67. The van der Waals surface area contributed by atoms with Crippen LogP contribution in [-0.4, -0.2) is 69.7 Å². The van der Waals surface area contributed by atoms with Gasteiger partial charge in [0.05, 0.1) is 24.2 Å². The number of aromatic amines is 2. The second kappa shape index (κ2) is 9.46. The Labute approximate surface area is 196 Å². The molecule has 10 nitrogen and oxygen atoms in total. The molecule has 0 unspecified atom stereocenters. The number of hydrogen-bond acceptors (Lipinski definition) is 6. The van der Waals surface area contributed by atoms with Crippen LogP contribution in [0.3, 0.4) is 0 Å². The molecule has 1 aromatic carbocycles. The zero-order chi connectivity index (χ0) is 23.7. The molecule has 2 saturated heterocycles. The van der Waals surface area contributed by atoms with Crippen molar-refractivity contribution in [2.24, 2.45) is 0 Å². The topological polar surface area (TPSA) is 116 Å². The van der Waals surface area contributed by atoms with E-state index in [2.05, 4.69) is 15.0 Å². The van der Waals surface area contributed by atoms with E-state index in [-0.39, 0.29) is 29.6 Å². The molecule has 3 aromatic rings. The quantitative estimate of drug-likeness (QED) is 0.587. The smallest absolute Gasteiger partial charge is 0.326 e. The Hall–Kier alpha value is -3.40. The van der Waals surface area contributed by atoms with Crippen molar-refractivity contribution in [1.29, 1.82) is 0 Å². The van der Waals surface area contributed by atoms with Crippen molar-refractivity contribution in [3.05, 3.63) is 56.4 Å². The van der Waals surface area contributed by atoms with Crippen molar-refractivity contribution < 1.29 is 9.53 Å². The van der Waals surface area contributed by atoms with Crippen LogP contribution in [0.5, 0.6) is 0 Å². The first-order chi connectivity index (χ1) is 16.5. The van der Waals surface area contributed by atoms with Crippen molar-refractivity contribution >= 4 is 22.9 Å². The number of nitrogens with one attached hydrogen (secondary N) is 2. The molecule has 0 aliphatic carbocycles. The van der Waals surface area contributed by atoms with Gasteiger partial charge < -0.3 is 19.5 Å². The number of ether oxygens (including phenoxy) is 1. The molecule has 0 bridgehead atoms. The number of likely N-dealkylation sites (tertiary alicyclic amines) is 1. The summed E-state index contributed by atoms with van der Waals surface area (Å²) in [5.74, 6) is 0.594. The molecule has 34 heavy (non-hydrogen) atoms. The monoisotopic (exact) mass is 466 g/mol. The average Bonchev–Trinajstić information content (AvgIpc) is 3.19. The van der Waals surface area contributed by atoms with E-state index in [1.54, 1.807) is 0 Å². The molecule has 2 aliphatic heterocycles. The number of nitrogens with zero attached hydrogens (tertiary/aromatic N) is 4. The fourth-order valence-corrected chi connectivity index (χ4v) is 5.02. The van der Waals surface area contributed by atoms with E-state index in [1.807, 2.05) is 45.6 Å². The lowest BCUT2D eigenvalue weighted by molar-refractivity contribution is -0.132. The molecular formula is C24H30N6O4. The third-order valence-electron chi connectivity index (χ3n) is 6.92. The van der Waals surface area contributed by atoms with Gasteiger partial charge in [0.1, 0.15) is 0 Å². The Balaban J connectivity index is 1.19. The predicted molar refractivity (Wildman–Crippen MR) is 128 cm³/mol. The Bertz CT molecular complexity index is 1290. The number of anilines is 1. The number of benzene rings is 1. The minimum Gasteiger partial charge on any atom is -0.378 e. The van der Waals surface area contributed by atoms with E-state index in [0.717, 1.165) is 23.9 Å². The standard InChI is InChI=1S/C24H30N6O4/c1-16-18(22(32)27-23(25-16)29-12-14-34-15-13-29)6-7-21(31)28-10-8-17(9-11-28)30-20-5-3-2-4-19(20)26-24(30)33/h2-5,17H,6-15H2,1H3,(H,26,33)(H,25,27,32). The molecular weight excluding hydrogens is 436 g/mol. The lowest BCUT2D eigenvalue weighted by Gasteiger charge is -2.32. The number of aromatic nitrogens is 4. The van der Waals surface area contributed by atoms with Crippen molar-refractivity contribution in [2.75, 3.05) is 44.3 Å². The van der Waals surface area contributed by atoms with Gasteiger partial charge in [0.15, 0.2) is 0 Å². The number of carbonyl (C=O) groups is 1. The number of imidazole rings is 1. The molecule has 0 saturated carbocycles. The first kappa shape index (κ1) is 22.4. The molecule has 2 fully saturated rings. The van der Waals surface area contributed by atoms with Crippen molar-refractivity contribution in [3.63, 3.8) is 0 Å². The predicted octanol–water partition coefficient (Wildman–Crippen LogP) is 1.35. The minimum absolute atomic E-state index is 0.0285. The molecule has 0 atom stereocenters. The zero-order valence-corrected chi connectivity index (χ0v) is 19.4. The number of para-hydroxylation sites is 2. The number of H-pyrrole nitrogens is 2. The fourth-order valence-electron chi connectivity index (χ4n) is 5.02. The highest BCUT2D eigenvalue weighted by Gasteiger charge is 2.26. The van der Waals surface area contributed by atoms with E-state index >= 15 is 0 Å². The molecule has 0 spiro atoms. The summed E-state index contributed by atoms with van der Waals surface area (Å²) in [7, 11) is 0. The number of hydrogen-bond donors (Lipinski definition) is 2. The zero-order valence-electron chi connectivity index (χ0n) is 19.4. The molecule has 2 aliphatic rings. The fraction of sp³-hybridized carbons (Fsp3) is 0.500. The number of fused-ring (bicyclic) bond motifs is 1. The van der Waals surface area contributed by atoms with Crippen LogP contribution in [-0.2, 0) is 16.0 Å². The normalized spacial score (nSPS) is 17.4. The van der Waals surface area contributed by atoms with Crippen LogP contribution in [0.25, 0.3) is 11.0 Å². The van der Waals surface area contributed by atoms with E-state index in [4.69, 9.17) is 4.74 Å². The highest BCUT2D eigenvalue weighted by molar-refractivity contribution is 5.77. The van der Waals surface area contributed by atoms with Crippen LogP contribution in [0.4, 0.5) is 5.95 Å². The maximum Gasteiger partial charge on any atom is 0.326 e. The molecule has 5 rings (SSSR count). The largest absolute Gasteiger partial charge is 0.378 e. The maximum atomic E-state index is 12.9. The number of carbonyl (C=O) groups excluding carboxylic acids is 1. The molecule has 1 amide bonds. The molecule has 0 radical (unpaired) electrons. The summed E-state index contributed by atoms with van der Waals surface area (Å²) in [5, 5.41) is 0. The van der Waals surface area contributed by atoms with Crippen LogP contribution in [0.15, 0.2) is 33.9 Å². The summed E-state index contributed by atoms with van der Waals surface area (Å²) in [6.07, 6.45) is 2.07. The second-order valence-corrected chi connectivity index (χ2v) is 8.98. The van der Waals surface area contributed by atoms with Crippen LogP contribution in [0.1, 0.15) is 36.6 Å². The maximum absolute atomic E-state index is 12.9. The number of aryl methyl sites for hydroxylation is 1. The third kappa shape index (κ3) is 4.37. The van der Waals surface area contributed by atoms with Crippen LogP contribution >= 0.6 is 0 Å². The van der Waals surface area contributed by atoms with Gasteiger partial charge in [-0.25, -0.2) is 9.78 Å². The minimum atomic E-state index is -0.181. The second-order valence-electron chi connectivity index (χ2n) is 8.98. The molecule has 2 aromatic heterocycles. The Morgan fingerprint density at radius 2 is 1.82 bits per heavy atom. The molecule has 4 heterocycles. The summed E-state index contributed by atoms with van der Waals surface area (Å²) in [4.78, 5) is 52.3. The van der Waals surface area contributed by atoms with Crippen molar-refractivity contribution in [1.82, 2.24) is 24.4 Å². The molecule has 10 heteroatoms. The number of amides is 1. The summed E-state index contributed by atoms with van der Waals surface area (Å²) in [6.45, 7) is 5.64. The number of rotatable bonds is 5. The summed E-state index contributed by atoms with van der Waals surface area (Å²) in [6, 6.07) is 7.75. The van der Waals surface area contributed by atoms with Crippen LogP contribution in [0.2, 0.25) is 0 Å². The van der Waals surface area contributed by atoms with Gasteiger partial charge in [-0.2, -0.15) is 0 Å². The van der Waals surface area contributed by atoms with Gasteiger partial charge >= 0.3 is 5.69 Å². The van der Waals surface area contributed by atoms with Gasteiger partial charge in [-0.3, -0.25) is 19.1 Å². The Morgan fingerprint density at radius 3 is 2.56 bits per heavy atom. The first-order valence-electron chi connectivity index (χ1n) is 11.9. The molecule has 180 valence electrons. The summed E-state index contributed by atoms with van der Waals surface area (Å²) >= 11 is 0. The van der Waals surface area contributed by atoms with E-state index in [1.165, 1.54) is 0 Å². The highest BCUT2D eigenvalue weighted by Crippen LogP contribution is 2.25. The van der Waals surface area contributed by atoms with Crippen molar-refractivity contribution in [2.45, 2.75) is 38.6 Å². The number of piperidine rings is 1. The lowest BCUT2D eigenvalue weighted by atomic mass is 10.0. The third-order valence-corrected chi connectivity index (χ3v) is 6.92. The van der Waals surface area contributed by atoms with Gasteiger partial charge in [0.2, 0.25) is 11.9 Å². The van der Waals surface area contributed by atoms with E-state index in [0.29, 0.717) is 63.0 Å². The van der Waals surface area contributed by atoms with Gasteiger partial charge in [-0.1, -0.05) is 12.1 Å². The van der Waals surface area contributed by atoms with E-state index < -0.39 is 0 Å². The summed E-state index contributed by atoms with van der Waals surface area (Å²) < 4.78 is 7.18. The Kier molecular flexibility index (Phi) is 6.23. The van der Waals surface area contributed by atoms with Gasteiger partial charge in [0.25, 0.3) is 5.56 Å². The lowest BCUT2D eigenvalue weighted by Crippen LogP contribution is -2.41. The highest BCUT2D eigenvalue weighted by atomic mass is 16.5. The Morgan fingerprint density at radius 1 is 1.09 bits per heavy atom. The van der Waals surface area contributed by atoms with Gasteiger partial charge in [0, 0.05) is 49.9 Å². The van der Waals surface area contributed by atoms with Crippen LogP contribution < -0.4 is 16.1 Å². The van der Waals surface area contributed by atoms with Crippen LogP contribution in [0, 0.1) is 6.92 Å². The SMILES string of the molecule is Cc1nc(N2CCOCC2)[nH]c(=O)c1CCC(=O)N1CCC(n2c(=O)[nH]c3ccccc32)CC1. The average molecular weight is 467 g/mol. The first-order valence-corrected chi connectivity index (χ1v) is 11.9. The van der Waals surface area contributed by atoms with Crippen molar-refractivity contribution in [3.8, 4) is 0 Å². The van der Waals surface area contributed by atoms with E-state index in [9.17, 15) is 14.4 Å². The molecule has 2 N–H and O–H groups in total. The van der Waals surface area contributed by atoms with Gasteiger partial charge in [-0.15, -0.1) is 0 Å². The van der Waals surface area contributed by atoms with Gasteiger partial charge in [-0.05, 0) is 38.3 Å².